The first-order chi connectivity index (χ1) is 9.63. The number of hydrogen-bond donors (Lipinski definition) is 2. The van der Waals surface area contributed by atoms with Gasteiger partial charge >= 0.3 is 0 Å². The molecule has 0 fully saturated rings. The summed E-state index contributed by atoms with van der Waals surface area (Å²) in [6.07, 6.45) is 5.11. The van der Waals surface area contributed by atoms with Crippen LogP contribution in [0.3, 0.4) is 0 Å². The lowest BCUT2D eigenvalue weighted by atomic mass is 10.1. The Bertz CT molecular complexity index is 638. The van der Waals surface area contributed by atoms with Gasteiger partial charge in [-0.1, -0.05) is 6.42 Å². The second-order valence-electron chi connectivity index (χ2n) is 5.12. The zero-order chi connectivity index (χ0) is 14.1. The molecule has 0 saturated carbocycles. The molecule has 1 aromatic heterocycles. The van der Waals surface area contributed by atoms with Crippen LogP contribution in [0.15, 0.2) is 18.2 Å². The Kier molecular flexibility index (Phi) is 3.26. The predicted molar refractivity (Wildman–Crippen MR) is 74.8 cm³/mol. The Hall–Kier alpha value is -2.17. The van der Waals surface area contributed by atoms with Crippen molar-refractivity contribution in [3.05, 3.63) is 35.3 Å². The highest BCUT2D eigenvalue weighted by Crippen LogP contribution is 2.28. The molecule has 1 heterocycles. The summed E-state index contributed by atoms with van der Waals surface area (Å²) in [5.41, 5.74) is 8.44. The quantitative estimate of drug-likeness (QED) is 0.784. The van der Waals surface area contributed by atoms with Crippen molar-refractivity contribution >= 4 is 5.82 Å². The Morgan fingerprint density at radius 3 is 2.65 bits per heavy atom. The van der Waals surface area contributed by atoms with Gasteiger partial charge in [-0.25, -0.2) is 14.4 Å². The zero-order valence-electron chi connectivity index (χ0n) is 11.1. The number of nitrogen functional groups attached to an aromatic ring is 1. The number of phenolic OH excluding ortho intramolecular Hbond substituents is 1. The number of nitrogens with two attached hydrogens (primary N) is 1. The molecule has 3 rings (SSSR count). The highest BCUT2D eigenvalue weighted by Gasteiger charge is 2.16. The summed E-state index contributed by atoms with van der Waals surface area (Å²) in [5.74, 6) is 0.183. The summed E-state index contributed by atoms with van der Waals surface area (Å²) in [7, 11) is 0. The number of benzene rings is 1. The molecule has 1 aromatic carbocycles. The van der Waals surface area contributed by atoms with Gasteiger partial charge in [0, 0.05) is 22.9 Å². The molecule has 0 spiro atoms. The van der Waals surface area contributed by atoms with E-state index in [0.29, 0.717) is 17.2 Å². The first kappa shape index (κ1) is 12.8. The van der Waals surface area contributed by atoms with E-state index in [2.05, 4.69) is 9.97 Å². The van der Waals surface area contributed by atoms with Crippen molar-refractivity contribution < 1.29 is 9.50 Å². The molecule has 0 unspecified atom stereocenters. The SMILES string of the molecule is Nc1nc(-c2cc(O)cc(F)c2)nc2c1CCCCC2. The van der Waals surface area contributed by atoms with Gasteiger partial charge in [-0.05, 0) is 37.8 Å². The van der Waals surface area contributed by atoms with Gasteiger partial charge in [-0.15, -0.1) is 0 Å². The minimum absolute atomic E-state index is 0.142. The number of halogens is 1. The van der Waals surface area contributed by atoms with Crippen LogP contribution in [-0.4, -0.2) is 15.1 Å². The van der Waals surface area contributed by atoms with Gasteiger partial charge in [0.2, 0.25) is 0 Å². The van der Waals surface area contributed by atoms with Crippen molar-refractivity contribution in [1.29, 1.82) is 0 Å². The minimum Gasteiger partial charge on any atom is -0.508 e. The maximum atomic E-state index is 13.4. The van der Waals surface area contributed by atoms with E-state index >= 15 is 0 Å². The molecule has 0 bridgehead atoms. The number of fused-ring (bicyclic) bond motifs is 1. The molecule has 0 atom stereocenters. The smallest absolute Gasteiger partial charge is 0.162 e. The molecule has 20 heavy (non-hydrogen) atoms. The first-order valence-corrected chi connectivity index (χ1v) is 6.78. The second kappa shape index (κ2) is 5.07. The summed E-state index contributed by atoms with van der Waals surface area (Å²) in [6, 6.07) is 3.80. The Morgan fingerprint density at radius 2 is 1.85 bits per heavy atom. The minimum atomic E-state index is -0.517. The van der Waals surface area contributed by atoms with Gasteiger partial charge in [0.05, 0.1) is 0 Å². The molecule has 0 aliphatic heterocycles. The third-order valence-electron chi connectivity index (χ3n) is 3.61. The molecule has 0 amide bonds. The number of nitrogens with zero attached hydrogens (tertiary/aromatic N) is 2. The fourth-order valence-corrected chi connectivity index (χ4v) is 2.63. The van der Waals surface area contributed by atoms with Crippen LogP contribution >= 0.6 is 0 Å². The molecule has 0 radical (unpaired) electrons. The third-order valence-corrected chi connectivity index (χ3v) is 3.61. The van der Waals surface area contributed by atoms with Gasteiger partial charge in [0.25, 0.3) is 0 Å². The van der Waals surface area contributed by atoms with E-state index in [4.69, 9.17) is 5.73 Å². The standard InChI is InChI=1S/C15H16FN3O/c16-10-6-9(7-11(20)8-10)15-18-13-5-3-1-2-4-12(13)14(17)19-15/h6-8,20H,1-5H2,(H2,17,18,19). The number of hydrogen-bond acceptors (Lipinski definition) is 4. The van der Waals surface area contributed by atoms with Gasteiger partial charge in [-0.3, -0.25) is 0 Å². The molecule has 3 N–H and O–H groups in total. The largest absolute Gasteiger partial charge is 0.508 e. The van der Waals surface area contributed by atoms with Crippen molar-refractivity contribution in [2.45, 2.75) is 32.1 Å². The van der Waals surface area contributed by atoms with Crippen LogP contribution in [0.5, 0.6) is 5.75 Å². The number of aromatic nitrogens is 2. The topological polar surface area (TPSA) is 72.0 Å². The van der Waals surface area contributed by atoms with E-state index in [1.54, 1.807) is 0 Å². The number of anilines is 1. The van der Waals surface area contributed by atoms with Crippen LogP contribution < -0.4 is 5.73 Å². The van der Waals surface area contributed by atoms with Crippen molar-refractivity contribution in [2.75, 3.05) is 5.73 Å². The van der Waals surface area contributed by atoms with Gasteiger partial charge in [-0.2, -0.15) is 0 Å². The van der Waals surface area contributed by atoms with E-state index in [1.807, 2.05) is 0 Å². The van der Waals surface area contributed by atoms with Crippen molar-refractivity contribution in [3.63, 3.8) is 0 Å². The van der Waals surface area contributed by atoms with Crippen LogP contribution in [0, 0.1) is 5.82 Å². The Balaban J connectivity index is 2.10. The fourth-order valence-electron chi connectivity index (χ4n) is 2.63. The molecular formula is C15H16FN3O. The van der Waals surface area contributed by atoms with Gasteiger partial charge in [0.15, 0.2) is 5.82 Å². The van der Waals surface area contributed by atoms with Crippen LogP contribution in [0.25, 0.3) is 11.4 Å². The molecule has 0 saturated heterocycles. The molecule has 2 aromatic rings. The number of phenols is 1. The van der Waals surface area contributed by atoms with Crippen molar-refractivity contribution in [3.8, 4) is 17.1 Å². The average molecular weight is 273 g/mol. The van der Waals surface area contributed by atoms with Crippen molar-refractivity contribution in [2.24, 2.45) is 0 Å². The molecular weight excluding hydrogens is 257 g/mol. The first-order valence-electron chi connectivity index (χ1n) is 6.78. The number of aromatic hydroxyl groups is 1. The fraction of sp³-hybridized carbons (Fsp3) is 0.333. The monoisotopic (exact) mass is 273 g/mol. The number of rotatable bonds is 1. The summed E-state index contributed by atoms with van der Waals surface area (Å²) in [4.78, 5) is 8.79. The van der Waals surface area contributed by atoms with E-state index < -0.39 is 5.82 Å². The predicted octanol–water partition coefficient (Wildman–Crippen LogP) is 2.84. The van der Waals surface area contributed by atoms with E-state index in [1.165, 1.54) is 12.1 Å². The van der Waals surface area contributed by atoms with E-state index in [9.17, 15) is 9.50 Å². The highest BCUT2D eigenvalue weighted by atomic mass is 19.1. The zero-order valence-corrected chi connectivity index (χ0v) is 11.1. The van der Waals surface area contributed by atoms with Gasteiger partial charge < -0.3 is 10.8 Å². The maximum absolute atomic E-state index is 13.4. The highest BCUT2D eigenvalue weighted by molar-refractivity contribution is 5.61. The lowest BCUT2D eigenvalue weighted by molar-refractivity contribution is 0.469. The lowest BCUT2D eigenvalue weighted by Gasteiger charge is -2.10. The molecule has 4 nitrogen and oxygen atoms in total. The normalized spacial score (nSPS) is 14.7. The Morgan fingerprint density at radius 1 is 1.05 bits per heavy atom. The lowest BCUT2D eigenvalue weighted by Crippen LogP contribution is -2.06. The second-order valence-corrected chi connectivity index (χ2v) is 5.12. The molecule has 1 aliphatic carbocycles. The van der Waals surface area contributed by atoms with Crippen molar-refractivity contribution in [1.82, 2.24) is 9.97 Å². The third kappa shape index (κ3) is 2.43. The summed E-state index contributed by atoms with van der Waals surface area (Å²) in [5, 5.41) is 9.48. The summed E-state index contributed by atoms with van der Waals surface area (Å²) in [6.45, 7) is 0. The Labute approximate surface area is 116 Å². The molecule has 5 heteroatoms. The number of aryl methyl sites for hydroxylation is 1. The van der Waals surface area contributed by atoms with Crippen LogP contribution in [0.2, 0.25) is 0 Å². The summed E-state index contributed by atoms with van der Waals surface area (Å²) >= 11 is 0. The maximum Gasteiger partial charge on any atom is 0.162 e. The average Bonchev–Trinajstić information content (AvgIpc) is 2.63. The summed E-state index contributed by atoms with van der Waals surface area (Å²) < 4.78 is 13.4. The van der Waals surface area contributed by atoms with E-state index in [0.717, 1.165) is 49.4 Å². The molecule has 104 valence electrons. The molecule has 1 aliphatic rings. The van der Waals surface area contributed by atoms with Gasteiger partial charge in [0.1, 0.15) is 17.4 Å². The van der Waals surface area contributed by atoms with Crippen LogP contribution in [0.4, 0.5) is 10.2 Å². The van der Waals surface area contributed by atoms with Crippen LogP contribution in [-0.2, 0) is 12.8 Å². The van der Waals surface area contributed by atoms with Crippen LogP contribution in [0.1, 0.15) is 30.5 Å². The van der Waals surface area contributed by atoms with E-state index in [-0.39, 0.29) is 5.75 Å².